The highest BCUT2D eigenvalue weighted by molar-refractivity contribution is 5.87. The summed E-state index contributed by atoms with van der Waals surface area (Å²) in [5.41, 5.74) is 1.03. The molecule has 1 N–H and O–H groups in total. The van der Waals surface area contributed by atoms with Crippen LogP contribution >= 0.6 is 0 Å². The highest BCUT2D eigenvalue weighted by atomic mass is 16.4. The Bertz CT molecular complexity index is 652. The quantitative estimate of drug-likeness (QED) is 0.896. The fourth-order valence-electron chi connectivity index (χ4n) is 3.64. The van der Waals surface area contributed by atoms with Crippen molar-refractivity contribution in [1.29, 1.82) is 0 Å². The van der Waals surface area contributed by atoms with Gasteiger partial charge in [-0.3, -0.25) is 4.40 Å². The Morgan fingerprint density at radius 1 is 1.21 bits per heavy atom. The van der Waals surface area contributed by atoms with Crippen molar-refractivity contribution in [3.8, 4) is 0 Å². The first-order valence-electron chi connectivity index (χ1n) is 6.83. The molecule has 2 unspecified atom stereocenters. The van der Waals surface area contributed by atoms with Crippen LogP contribution in [0.15, 0.2) is 18.3 Å². The summed E-state index contributed by atoms with van der Waals surface area (Å²) >= 11 is 0. The van der Waals surface area contributed by atoms with Gasteiger partial charge >= 0.3 is 5.97 Å². The summed E-state index contributed by atoms with van der Waals surface area (Å²) in [7, 11) is 0. The maximum atomic E-state index is 11.1. The van der Waals surface area contributed by atoms with Gasteiger partial charge in [-0.15, -0.1) is 10.2 Å². The predicted octanol–water partition coefficient (Wildman–Crippen LogP) is 2.33. The van der Waals surface area contributed by atoms with Gasteiger partial charge < -0.3 is 5.11 Å². The van der Waals surface area contributed by atoms with Crippen molar-refractivity contribution in [3.05, 3.63) is 29.7 Å². The van der Waals surface area contributed by atoms with Crippen LogP contribution in [-0.2, 0) is 0 Å². The maximum absolute atomic E-state index is 11.1. The van der Waals surface area contributed by atoms with E-state index in [1.165, 1.54) is 25.7 Å². The monoisotopic (exact) mass is 257 g/mol. The molecule has 5 heteroatoms. The van der Waals surface area contributed by atoms with Gasteiger partial charge in [0.25, 0.3) is 0 Å². The molecule has 0 aliphatic heterocycles. The summed E-state index contributed by atoms with van der Waals surface area (Å²) in [6.07, 6.45) is 6.84. The molecule has 19 heavy (non-hydrogen) atoms. The Balaban J connectivity index is 1.78. The largest absolute Gasteiger partial charge is 0.478 e. The molecule has 2 fully saturated rings. The number of aromatic carboxylic acids is 1. The normalized spacial score (nSPS) is 29.2. The molecule has 0 aromatic carbocycles. The molecular weight excluding hydrogens is 242 g/mol. The predicted molar refractivity (Wildman–Crippen MR) is 68.1 cm³/mol. The number of hydrogen-bond acceptors (Lipinski definition) is 3. The average molecular weight is 257 g/mol. The van der Waals surface area contributed by atoms with Crippen LogP contribution in [0.4, 0.5) is 0 Å². The Kier molecular flexibility index (Phi) is 2.19. The molecule has 2 heterocycles. The summed E-state index contributed by atoms with van der Waals surface area (Å²) in [6, 6.07) is 3.31. The van der Waals surface area contributed by atoms with Crippen molar-refractivity contribution in [2.24, 2.45) is 11.8 Å². The first kappa shape index (κ1) is 11.0. The van der Waals surface area contributed by atoms with E-state index >= 15 is 0 Å². The standard InChI is InChI=1S/C14H15N3O2/c18-14(19)8-5-6-11-15-16-13(17(11)7-8)12-9-3-1-2-4-10(9)12/h5-7,9-10,12H,1-4H2,(H,18,19). The molecule has 5 nitrogen and oxygen atoms in total. The Morgan fingerprint density at radius 3 is 2.63 bits per heavy atom. The van der Waals surface area contributed by atoms with Crippen LogP contribution in [0.1, 0.15) is 47.8 Å². The second kappa shape index (κ2) is 3.79. The molecule has 2 aromatic heterocycles. The van der Waals surface area contributed by atoms with E-state index in [1.54, 1.807) is 18.3 Å². The number of carboxylic acids is 1. The smallest absolute Gasteiger partial charge is 0.337 e. The molecule has 0 spiro atoms. The molecule has 2 atom stereocenters. The molecule has 0 amide bonds. The lowest BCUT2D eigenvalue weighted by atomic mass is 10.0. The molecule has 2 aliphatic carbocycles. The number of nitrogens with zero attached hydrogens (tertiary/aromatic N) is 3. The summed E-state index contributed by atoms with van der Waals surface area (Å²) in [6.45, 7) is 0. The number of fused-ring (bicyclic) bond motifs is 2. The molecule has 2 aromatic rings. The lowest BCUT2D eigenvalue weighted by Crippen LogP contribution is -2.01. The number of pyridine rings is 1. The van der Waals surface area contributed by atoms with Gasteiger partial charge in [0.2, 0.25) is 0 Å². The summed E-state index contributed by atoms with van der Waals surface area (Å²) in [5.74, 6) is 2.02. The van der Waals surface area contributed by atoms with Crippen LogP contribution in [0, 0.1) is 11.8 Å². The summed E-state index contributed by atoms with van der Waals surface area (Å²) in [5, 5.41) is 17.5. The highest BCUT2D eigenvalue weighted by Gasteiger charge is 2.53. The lowest BCUT2D eigenvalue weighted by Gasteiger charge is -2.04. The first-order chi connectivity index (χ1) is 9.25. The van der Waals surface area contributed by atoms with E-state index in [-0.39, 0.29) is 5.56 Å². The fourth-order valence-corrected chi connectivity index (χ4v) is 3.64. The van der Waals surface area contributed by atoms with Crippen molar-refractivity contribution in [3.63, 3.8) is 0 Å². The van der Waals surface area contributed by atoms with Crippen LogP contribution in [0.5, 0.6) is 0 Å². The van der Waals surface area contributed by atoms with Gasteiger partial charge in [-0.25, -0.2) is 4.79 Å². The number of hydrogen-bond donors (Lipinski definition) is 1. The third-order valence-electron chi connectivity index (χ3n) is 4.63. The van der Waals surface area contributed by atoms with E-state index < -0.39 is 5.97 Å². The van der Waals surface area contributed by atoms with Crippen molar-refractivity contribution in [2.75, 3.05) is 0 Å². The highest BCUT2D eigenvalue weighted by Crippen LogP contribution is 2.60. The van der Waals surface area contributed by atoms with Gasteiger partial charge in [0.15, 0.2) is 5.65 Å². The molecule has 2 saturated carbocycles. The zero-order chi connectivity index (χ0) is 13.0. The van der Waals surface area contributed by atoms with E-state index in [0.29, 0.717) is 5.92 Å². The van der Waals surface area contributed by atoms with Gasteiger partial charge in [-0.2, -0.15) is 0 Å². The number of rotatable bonds is 2. The van der Waals surface area contributed by atoms with Crippen LogP contribution in [-0.4, -0.2) is 25.7 Å². The van der Waals surface area contributed by atoms with Crippen LogP contribution < -0.4 is 0 Å². The minimum atomic E-state index is -0.908. The van der Waals surface area contributed by atoms with Crippen LogP contribution in [0.2, 0.25) is 0 Å². The first-order valence-corrected chi connectivity index (χ1v) is 6.83. The van der Waals surface area contributed by atoms with Gasteiger partial charge in [-0.1, -0.05) is 12.8 Å². The van der Waals surface area contributed by atoms with Gasteiger partial charge in [0.05, 0.1) is 5.56 Å². The third kappa shape index (κ3) is 1.57. The molecular formula is C14H15N3O2. The molecule has 4 rings (SSSR count). The van der Waals surface area contributed by atoms with E-state index in [4.69, 9.17) is 5.11 Å². The summed E-state index contributed by atoms with van der Waals surface area (Å²) < 4.78 is 1.87. The third-order valence-corrected chi connectivity index (χ3v) is 4.63. The van der Waals surface area contributed by atoms with E-state index in [1.807, 2.05) is 4.40 Å². The summed E-state index contributed by atoms with van der Waals surface area (Å²) in [4.78, 5) is 11.1. The Hall–Kier alpha value is -1.91. The molecule has 0 radical (unpaired) electrons. The Labute approximate surface area is 110 Å². The number of carbonyl (C=O) groups is 1. The van der Waals surface area contributed by atoms with E-state index in [0.717, 1.165) is 23.3 Å². The number of aromatic nitrogens is 3. The van der Waals surface area contributed by atoms with Crippen molar-refractivity contribution >= 4 is 11.6 Å². The minimum absolute atomic E-state index is 0.289. The van der Waals surface area contributed by atoms with Gasteiger partial charge in [0.1, 0.15) is 5.82 Å². The molecule has 0 saturated heterocycles. The van der Waals surface area contributed by atoms with Gasteiger partial charge in [0, 0.05) is 12.1 Å². The van der Waals surface area contributed by atoms with Crippen molar-refractivity contribution in [1.82, 2.24) is 14.6 Å². The van der Waals surface area contributed by atoms with E-state index in [9.17, 15) is 4.79 Å². The minimum Gasteiger partial charge on any atom is -0.478 e. The Morgan fingerprint density at radius 2 is 1.95 bits per heavy atom. The van der Waals surface area contributed by atoms with Crippen LogP contribution in [0.3, 0.4) is 0 Å². The lowest BCUT2D eigenvalue weighted by molar-refractivity contribution is 0.0696. The number of carboxylic acid groups (broad SMARTS) is 1. The molecule has 98 valence electrons. The second-order valence-corrected chi connectivity index (χ2v) is 5.65. The molecule has 2 aliphatic rings. The van der Waals surface area contributed by atoms with Gasteiger partial charge in [-0.05, 0) is 36.8 Å². The van der Waals surface area contributed by atoms with Crippen LogP contribution in [0.25, 0.3) is 5.65 Å². The van der Waals surface area contributed by atoms with Crippen molar-refractivity contribution < 1.29 is 9.90 Å². The van der Waals surface area contributed by atoms with E-state index in [2.05, 4.69) is 10.2 Å². The SMILES string of the molecule is O=C(O)c1ccc2nnc(C3C4CCCCC43)n2c1. The second-order valence-electron chi connectivity index (χ2n) is 5.65. The fraction of sp³-hybridized carbons (Fsp3) is 0.500. The van der Waals surface area contributed by atoms with Crippen molar-refractivity contribution in [2.45, 2.75) is 31.6 Å². The maximum Gasteiger partial charge on any atom is 0.337 e. The topological polar surface area (TPSA) is 67.5 Å². The molecule has 0 bridgehead atoms. The zero-order valence-corrected chi connectivity index (χ0v) is 10.5. The zero-order valence-electron chi connectivity index (χ0n) is 10.5. The average Bonchev–Trinajstić information content (AvgIpc) is 3.00.